The van der Waals surface area contributed by atoms with Gasteiger partial charge in [-0.15, -0.1) is 0 Å². The molecule has 0 aromatic heterocycles. The van der Waals surface area contributed by atoms with Crippen LogP contribution in [-0.2, 0) is 4.79 Å². The van der Waals surface area contributed by atoms with Gasteiger partial charge in [-0.2, -0.15) is 5.26 Å². The fourth-order valence-corrected chi connectivity index (χ4v) is 1.87. The topological polar surface area (TPSA) is 93.4 Å². The molecule has 0 spiro atoms. The Morgan fingerprint density at radius 2 is 2.19 bits per heavy atom. The highest BCUT2D eigenvalue weighted by Crippen LogP contribution is 2.21. The summed E-state index contributed by atoms with van der Waals surface area (Å²) in [6.07, 6.45) is 0.612. The molecule has 21 heavy (non-hydrogen) atoms. The zero-order chi connectivity index (χ0) is 16.0. The summed E-state index contributed by atoms with van der Waals surface area (Å²) >= 11 is 5.84. The van der Waals surface area contributed by atoms with E-state index in [1.807, 2.05) is 13.0 Å². The zero-order valence-electron chi connectivity index (χ0n) is 11.8. The molecule has 1 aromatic rings. The average molecular weight is 310 g/mol. The van der Waals surface area contributed by atoms with Crippen LogP contribution in [0, 0.1) is 11.3 Å². The van der Waals surface area contributed by atoms with E-state index in [0.29, 0.717) is 11.4 Å². The minimum absolute atomic E-state index is 0.245. The smallest absolute Gasteiger partial charge is 0.323 e. The number of nitriles is 1. The van der Waals surface area contributed by atoms with Gasteiger partial charge in [0, 0.05) is 11.1 Å². The molecule has 0 aliphatic heterocycles. The van der Waals surface area contributed by atoms with Gasteiger partial charge < -0.3 is 15.3 Å². The van der Waals surface area contributed by atoms with Crippen molar-refractivity contribution in [3.63, 3.8) is 0 Å². The van der Waals surface area contributed by atoms with Crippen molar-refractivity contribution in [2.45, 2.75) is 26.3 Å². The molecular formula is C14H16ClN3O3. The molecule has 7 heteroatoms. The molecule has 6 nitrogen and oxygen atoms in total. The van der Waals surface area contributed by atoms with Crippen molar-refractivity contribution in [3.8, 4) is 6.07 Å². The maximum absolute atomic E-state index is 12.2. The van der Waals surface area contributed by atoms with Crippen molar-refractivity contribution in [2.75, 3.05) is 11.9 Å². The lowest BCUT2D eigenvalue weighted by atomic mass is 10.2. The van der Waals surface area contributed by atoms with Crippen LogP contribution in [0.15, 0.2) is 18.2 Å². The number of aliphatic carboxylic acids is 1. The molecule has 1 aromatic carbocycles. The molecule has 0 bridgehead atoms. The fourth-order valence-electron chi connectivity index (χ4n) is 1.70. The highest BCUT2D eigenvalue weighted by molar-refractivity contribution is 6.31. The van der Waals surface area contributed by atoms with E-state index in [9.17, 15) is 9.59 Å². The lowest BCUT2D eigenvalue weighted by molar-refractivity contribution is -0.138. The number of hydrogen-bond donors (Lipinski definition) is 2. The van der Waals surface area contributed by atoms with Gasteiger partial charge in [0.05, 0.1) is 11.3 Å². The summed E-state index contributed by atoms with van der Waals surface area (Å²) in [5.41, 5.74) is 0.515. The first-order valence-electron chi connectivity index (χ1n) is 6.38. The van der Waals surface area contributed by atoms with Crippen molar-refractivity contribution in [2.24, 2.45) is 0 Å². The average Bonchev–Trinajstić information content (AvgIpc) is 2.44. The highest BCUT2D eigenvalue weighted by Gasteiger charge is 2.22. The summed E-state index contributed by atoms with van der Waals surface area (Å²) in [5.74, 6) is -1.10. The Hall–Kier alpha value is -2.26. The third-order valence-electron chi connectivity index (χ3n) is 3.03. The molecule has 0 saturated carbocycles. The zero-order valence-corrected chi connectivity index (χ0v) is 12.5. The first kappa shape index (κ1) is 16.8. The highest BCUT2D eigenvalue weighted by atomic mass is 35.5. The molecule has 0 aliphatic carbocycles. The molecule has 0 saturated heterocycles. The molecule has 0 aliphatic rings. The van der Waals surface area contributed by atoms with E-state index in [1.54, 1.807) is 13.0 Å². The van der Waals surface area contributed by atoms with Crippen LogP contribution in [0.3, 0.4) is 0 Å². The van der Waals surface area contributed by atoms with E-state index in [2.05, 4.69) is 5.32 Å². The van der Waals surface area contributed by atoms with Crippen LogP contribution in [-0.4, -0.2) is 34.6 Å². The largest absolute Gasteiger partial charge is 0.480 e. The van der Waals surface area contributed by atoms with Gasteiger partial charge >= 0.3 is 12.0 Å². The number of nitrogens with one attached hydrogen (secondary N) is 1. The summed E-state index contributed by atoms with van der Waals surface area (Å²) in [7, 11) is 0. The maximum Gasteiger partial charge on any atom is 0.323 e. The third-order valence-corrected chi connectivity index (χ3v) is 3.27. The molecule has 2 amide bonds. The number of carboxylic acid groups (broad SMARTS) is 1. The number of benzene rings is 1. The number of halogens is 1. The summed E-state index contributed by atoms with van der Waals surface area (Å²) in [6, 6.07) is 5.60. The van der Waals surface area contributed by atoms with Crippen molar-refractivity contribution >= 4 is 29.3 Å². The van der Waals surface area contributed by atoms with Crippen LogP contribution >= 0.6 is 11.6 Å². The Balaban J connectivity index is 2.99. The number of carbonyl (C=O) groups excluding carboxylic acids is 1. The standard InChI is InChI=1S/C14H16ClN3O3/c1-3-9(2)18(8-13(19)20)14(21)17-12-6-11(15)5-4-10(12)7-16/h4-6,9H,3,8H2,1-2H3,(H,17,21)(H,19,20). The molecule has 0 radical (unpaired) electrons. The molecule has 112 valence electrons. The molecule has 1 unspecified atom stereocenters. The second-order valence-electron chi connectivity index (χ2n) is 4.51. The van der Waals surface area contributed by atoms with Crippen LogP contribution < -0.4 is 5.32 Å². The molecule has 1 rings (SSSR count). The van der Waals surface area contributed by atoms with E-state index in [0.717, 1.165) is 0 Å². The lowest BCUT2D eigenvalue weighted by Crippen LogP contribution is -2.44. The van der Waals surface area contributed by atoms with Crippen LogP contribution in [0.5, 0.6) is 0 Å². The number of carbonyl (C=O) groups is 2. The Morgan fingerprint density at radius 3 is 2.71 bits per heavy atom. The molecule has 1 atom stereocenters. The Bertz CT molecular complexity index is 583. The first-order valence-corrected chi connectivity index (χ1v) is 6.75. The number of nitrogens with zero attached hydrogens (tertiary/aromatic N) is 2. The van der Waals surface area contributed by atoms with Crippen molar-refractivity contribution in [1.82, 2.24) is 4.90 Å². The summed E-state index contributed by atoms with van der Waals surface area (Å²) in [4.78, 5) is 24.3. The van der Waals surface area contributed by atoms with Crippen molar-refractivity contribution in [1.29, 1.82) is 5.26 Å². The summed E-state index contributed by atoms with van der Waals surface area (Å²) < 4.78 is 0. The quantitative estimate of drug-likeness (QED) is 0.874. The SMILES string of the molecule is CCC(C)N(CC(=O)O)C(=O)Nc1cc(Cl)ccc1C#N. The van der Waals surface area contributed by atoms with E-state index in [4.69, 9.17) is 22.0 Å². The van der Waals surface area contributed by atoms with Crippen LogP contribution in [0.25, 0.3) is 0 Å². The monoisotopic (exact) mass is 309 g/mol. The number of carboxylic acids is 1. The van der Waals surface area contributed by atoms with Crippen LogP contribution in [0.2, 0.25) is 5.02 Å². The van der Waals surface area contributed by atoms with E-state index in [-0.39, 0.29) is 17.3 Å². The second-order valence-corrected chi connectivity index (χ2v) is 4.95. The lowest BCUT2D eigenvalue weighted by Gasteiger charge is -2.27. The van der Waals surface area contributed by atoms with Gasteiger partial charge in [0.2, 0.25) is 0 Å². The van der Waals surface area contributed by atoms with Gasteiger partial charge in [0.15, 0.2) is 0 Å². The van der Waals surface area contributed by atoms with E-state index in [1.165, 1.54) is 17.0 Å². The number of hydrogen-bond acceptors (Lipinski definition) is 3. The maximum atomic E-state index is 12.2. The van der Waals surface area contributed by atoms with Gasteiger partial charge in [-0.25, -0.2) is 4.79 Å². The molecule has 0 fully saturated rings. The predicted octanol–water partition coefficient (Wildman–Crippen LogP) is 2.93. The van der Waals surface area contributed by atoms with Gasteiger partial charge in [0.25, 0.3) is 0 Å². The first-order chi connectivity index (χ1) is 9.88. The van der Waals surface area contributed by atoms with Gasteiger partial charge in [-0.1, -0.05) is 18.5 Å². The second kappa shape index (κ2) is 7.50. The van der Waals surface area contributed by atoms with Gasteiger partial charge in [-0.05, 0) is 31.5 Å². The minimum Gasteiger partial charge on any atom is -0.480 e. The van der Waals surface area contributed by atoms with Gasteiger partial charge in [0.1, 0.15) is 12.6 Å². The number of amides is 2. The Labute approximate surface area is 127 Å². The Morgan fingerprint density at radius 1 is 1.52 bits per heavy atom. The Kier molecular flexibility index (Phi) is 6.00. The van der Waals surface area contributed by atoms with E-state index < -0.39 is 18.5 Å². The molecular weight excluding hydrogens is 294 g/mol. The normalized spacial score (nSPS) is 11.3. The van der Waals surface area contributed by atoms with Gasteiger partial charge in [-0.3, -0.25) is 4.79 Å². The van der Waals surface area contributed by atoms with E-state index >= 15 is 0 Å². The number of rotatable bonds is 5. The fraction of sp³-hybridized carbons (Fsp3) is 0.357. The molecule has 0 heterocycles. The molecule has 2 N–H and O–H groups in total. The summed E-state index contributed by atoms with van der Waals surface area (Å²) in [5, 5.41) is 20.8. The summed E-state index contributed by atoms with van der Waals surface area (Å²) in [6.45, 7) is 3.20. The van der Waals surface area contributed by atoms with Crippen LogP contribution in [0.4, 0.5) is 10.5 Å². The number of anilines is 1. The van der Waals surface area contributed by atoms with Crippen molar-refractivity contribution < 1.29 is 14.7 Å². The minimum atomic E-state index is -1.10. The van der Waals surface area contributed by atoms with Crippen LogP contribution in [0.1, 0.15) is 25.8 Å². The predicted molar refractivity (Wildman–Crippen MR) is 79.3 cm³/mol. The third kappa shape index (κ3) is 4.65. The van der Waals surface area contributed by atoms with Crippen molar-refractivity contribution in [3.05, 3.63) is 28.8 Å². The number of urea groups is 1.